The molecule has 1 aromatic heterocycles. The topological polar surface area (TPSA) is 54.3 Å². The van der Waals surface area contributed by atoms with Crippen molar-refractivity contribution in [3.05, 3.63) is 53.5 Å². The maximum Gasteiger partial charge on any atom is 0.259 e. The Morgan fingerprint density at radius 1 is 1.20 bits per heavy atom. The third kappa shape index (κ3) is 3.27. The summed E-state index contributed by atoms with van der Waals surface area (Å²) in [5.74, 6) is 0.589. The second kappa shape index (κ2) is 6.91. The summed E-state index contributed by atoms with van der Waals surface area (Å²) in [6.45, 7) is 5.65. The molecule has 2 aromatic rings. The Hall–Kier alpha value is -2.07. The SMILES string of the molecule is CCNCc1ccccc1NC(=O)c1ccoc1CC. The maximum atomic E-state index is 12.3. The first kappa shape index (κ1) is 14.3. The number of anilines is 1. The van der Waals surface area contributed by atoms with E-state index < -0.39 is 0 Å². The van der Waals surface area contributed by atoms with Gasteiger partial charge in [-0.15, -0.1) is 0 Å². The lowest BCUT2D eigenvalue weighted by molar-refractivity contribution is 0.102. The van der Waals surface area contributed by atoms with Crippen molar-refractivity contribution in [3.63, 3.8) is 0 Å². The van der Waals surface area contributed by atoms with Gasteiger partial charge in [-0.1, -0.05) is 32.0 Å². The van der Waals surface area contributed by atoms with E-state index in [1.807, 2.05) is 31.2 Å². The normalized spacial score (nSPS) is 10.5. The number of hydrogen-bond acceptors (Lipinski definition) is 3. The standard InChI is InChI=1S/C16H20N2O2/c1-3-15-13(9-10-20-15)16(19)18-14-8-6-5-7-12(14)11-17-4-2/h5-10,17H,3-4,11H2,1-2H3,(H,18,19). The smallest absolute Gasteiger partial charge is 0.259 e. The summed E-state index contributed by atoms with van der Waals surface area (Å²) in [7, 11) is 0. The molecule has 0 aliphatic carbocycles. The van der Waals surface area contributed by atoms with E-state index in [2.05, 4.69) is 17.6 Å². The third-order valence-corrected chi connectivity index (χ3v) is 3.14. The number of nitrogens with one attached hydrogen (secondary N) is 2. The van der Waals surface area contributed by atoms with Gasteiger partial charge < -0.3 is 15.1 Å². The minimum Gasteiger partial charge on any atom is -0.469 e. The van der Waals surface area contributed by atoms with Crippen molar-refractivity contribution in [2.24, 2.45) is 0 Å². The molecular formula is C16H20N2O2. The average Bonchev–Trinajstić information content (AvgIpc) is 2.95. The van der Waals surface area contributed by atoms with Crippen LogP contribution in [0.2, 0.25) is 0 Å². The number of aryl methyl sites for hydroxylation is 1. The highest BCUT2D eigenvalue weighted by molar-refractivity contribution is 6.05. The summed E-state index contributed by atoms with van der Waals surface area (Å²) in [5, 5.41) is 6.22. The van der Waals surface area contributed by atoms with Crippen LogP contribution in [0, 0.1) is 0 Å². The Morgan fingerprint density at radius 3 is 2.75 bits per heavy atom. The molecule has 1 heterocycles. The second-order valence-corrected chi connectivity index (χ2v) is 4.50. The molecule has 0 atom stereocenters. The highest BCUT2D eigenvalue weighted by Gasteiger charge is 2.14. The maximum absolute atomic E-state index is 12.3. The number of carbonyl (C=O) groups excluding carboxylic acids is 1. The first-order chi connectivity index (χ1) is 9.76. The number of hydrogen-bond donors (Lipinski definition) is 2. The number of benzene rings is 1. The van der Waals surface area contributed by atoms with Crippen LogP contribution < -0.4 is 10.6 Å². The minimum absolute atomic E-state index is 0.125. The van der Waals surface area contributed by atoms with Crippen LogP contribution in [-0.2, 0) is 13.0 Å². The number of rotatable bonds is 6. The fraction of sp³-hybridized carbons (Fsp3) is 0.312. The molecule has 1 aromatic carbocycles. The molecule has 0 unspecified atom stereocenters. The average molecular weight is 272 g/mol. The monoisotopic (exact) mass is 272 g/mol. The van der Waals surface area contributed by atoms with Crippen LogP contribution in [0.3, 0.4) is 0 Å². The van der Waals surface area contributed by atoms with Gasteiger partial charge in [0.05, 0.1) is 11.8 Å². The summed E-state index contributed by atoms with van der Waals surface area (Å²) in [4.78, 5) is 12.3. The number of furan rings is 1. The molecule has 2 N–H and O–H groups in total. The third-order valence-electron chi connectivity index (χ3n) is 3.14. The molecule has 0 aliphatic heterocycles. The molecule has 0 bridgehead atoms. The summed E-state index contributed by atoms with van der Waals surface area (Å²) in [5.41, 5.74) is 2.51. The molecule has 106 valence electrons. The van der Waals surface area contributed by atoms with E-state index >= 15 is 0 Å². The lowest BCUT2D eigenvalue weighted by Crippen LogP contribution is -2.17. The van der Waals surface area contributed by atoms with Crippen LogP contribution in [0.15, 0.2) is 41.0 Å². The molecule has 0 saturated heterocycles. The van der Waals surface area contributed by atoms with Gasteiger partial charge in [-0.2, -0.15) is 0 Å². The molecule has 0 fully saturated rings. The van der Waals surface area contributed by atoms with Gasteiger partial charge in [0, 0.05) is 18.7 Å². The van der Waals surface area contributed by atoms with E-state index in [9.17, 15) is 4.79 Å². The zero-order valence-corrected chi connectivity index (χ0v) is 11.9. The highest BCUT2D eigenvalue weighted by Crippen LogP contribution is 2.18. The molecule has 0 radical (unpaired) electrons. The fourth-order valence-electron chi connectivity index (χ4n) is 2.06. The van der Waals surface area contributed by atoms with Crippen molar-refractivity contribution in [3.8, 4) is 0 Å². The molecular weight excluding hydrogens is 252 g/mol. The summed E-state index contributed by atoms with van der Waals surface area (Å²) in [6.07, 6.45) is 2.26. The molecule has 0 aliphatic rings. The van der Waals surface area contributed by atoms with Crippen molar-refractivity contribution in [2.45, 2.75) is 26.8 Å². The van der Waals surface area contributed by atoms with Crippen molar-refractivity contribution in [1.29, 1.82) is 0 Å². The Kier molecular flexibility index (Phi) is 4.96. The van der Waals surface area contributed by atoms with Gasteiger partial charge in [-0.3, -0.25) is 4.79 Å². The van der Waals surface area contributed by atoms with Gasteiger partial charge in [-0.05, 0) is 24.2 Å². The number of carbonyl (C=O) groups is 1. The Labute approximate surface area is 119 Å². The molecule has 0 spiro atoms. The Morgan fingerprint density at radius 2 is 2.00 bits per heavy atom. The van der Waals surface area contributed by atoms with E-state index in [-0.39, 0.29) is 5.91 Å². The van der Waals surface area contributed by atoms with Crippen LogP contribution in [-0.4, -0.2) is 12.5 Å². The van der Waals surface area contributed by atoms with Crippen LogP contribution in [0.5, 0.6) is 0 Å². The quantitative estimate of drug-likeness (QED) is 0.849. The van der Waals surface area contributed by atoms with Gasteiger partial charge >= 0.3 is 0 Å². The fourth-order valence-corrected chi connectivity index (χ4v) is 2.06. The Bertz CT molecular complexity index is 575. The highest BCUT2D eigenvalue weighted by atomic mass is 16.3. The van der Waals surface area contributed by atoms with Crippen molar-refractivity contribution >= 4 is 11.6 Å². The molecule has 0 saturated carbocycles. The van der Waals surface area contributed by atoms with Gasteiger partial charge in [0.1, 0.15) is 5.76 Å². The molecule has 4 heteroatoms. The van der Waals surface area contributed by atoms with Gasteiger partial charge in [-0.25, -0.2) is 0 Å². The molecule has 2 rings (SSSR count). The lowest BCUT2D eigenvalue weighted by Gasteiger charge is -2.11. The van der Waals surface area contributed by atoms with Crippen LogP contribution in [0.25, 0.3) is 0 Å². The van der Waals surface area contributed by atoms with E-state index in [0.717, 1.165) is 24.3 Å². The van der Waals surface area contributed by atoms with Crippen molar-refractivity contribution in [1.82, 2.24) is 5.32 Å². The van der Waals surface area contributed by atoms with Gasteiger partial charge in [0.25, 0.3) is 5.91 Å². The van der Waals surface area contributed by atoms with Crippen LogP contribution in [0.1, 0.15) is 35.5 Å². The second-order valence-electron chi connectivity index (χ2n) is 4.50. The summed E-state index contributed by atoms with van der Waals surface area (Å²) >= 11 is 0. The van der Waals surface area contributed by atoms with Crippen LogP contribution in [0.4, 0.5) is 5.69 Å². The number of para-hydroxylation sites is 1. The predicted octanol–water partition coefficient (Wildman–Crippen LogP) is 3.20. The summed E-state index contributed by atoms with van der Waals surface area (Å²) < 4.78 is 5.29. The van der Waals surface area contributed by atoms with Gasteiger partial charge in [0.2, 0.25) is 0 Å². The first-order valence-corrected chi connectivity index (χ1v) is 6.92. The van der Waals surface area contributed by atoms with E-state index in [4.69, 9.17) is 4.42 Å². The van der Waals surface area contributed by atoms with E-state index in [0.29, 0.717) is 17.7 Å². The zero-order valence-electron chi connectivity index (χ0n) is 11.9. The van der Waals surface area contributed by atoms with Crippen LogP contribution >= 0.6 is 0 Å². The predicted molar refractivity (Wildman–Crippen MR) is 79.9 cm³/mol. The molecule has 4 nitrogen and oxygen atoms in total. The minimum atomic E-state index is -0.125. The zero-order chi connectivity index (χ0) is 14.4. The van der Waals surface area contributed by atoms with Crippen molar-refractivity contribution in [2.75, 3.05) is 11.9 Å². The number of amides is 1. The Balaban J connectivity index is 2.15. The van der Waals surface area contributed by atoms with Gasteiger partial charge in [0.15, 0.2) is 0 Å². The molecule has 1 amide bonds. The summed E-state index contributed by atoms with van der Waals surface area (Å²) in [6, 6.07) is 9.52. The lowest BCUT2D eigenvalue weighted by atomic mass is 10.1. The largest absolute Gasteiger partial charge is 0.469 e. The van der Waals surface area contributed by atoms with Crippen molar-refractivity contribution < 1.29 is 9.21 Å². The van der Waals surface area contributed by atoms with E-state index in [1.54, 1.807) is 12.3 Å². The molecule has 20 heavy (non-hydrogen) atoms. The first-order valence-electron chi connectivity index (χ1n) is 6.92. The van der Waals surface area contributed by atoms with E-state index in [1.165, 1.54) is 0 Å².